The lowest BCUT2D eigenvalue weighted by atomic mass is 9.70. The highest BCUT2D eigenvalue weighted by Crippen LogP contribution is 2.41. The van der Waals surface area contributed by atoms with Crippen LogP contribution in [-0.2, 0) is 22.4 Å². The summed E-state index contributed by atoms with van der Waals surface area (Å²) in [5, 5.41) is 9.81. The fourth-order valence-electron chi connectivity index (χ4n) is 6.28. The Hall–Kier alpha value is -2.77. The highest BCUT2D eigenvalue weighted by Gasteiger charge is 2.33. The number of carbonyl (C=O) groups is 1. The number of nitrogens with one attached hydrogen (secondary N) is 1. The number of hydrogen-bond donors (Lipinski definition) is 2. The third-order valence-corrected chi connectivity index (χ3v) is 8.43. The van der Waals surface area contributed by atoms with Gasteiger partial charge in [0.1, 0.15) is 11.6 Å². The molecule has 2 aromatic carbocycles. The minimum Gasteiger partial charge on any atom is -0.479 e. The number of unbranched alkanes of at least 4 members (excludes halogenated alkanes) is 4. The van der Waals surface area contributed by atoms with Gasteiger partial charge in [-0.05, 0) is 98.8 Å². The van der Waals surface area contributed by atoms with E-state index in [1.165, 1.54) is 30.9 Å². The Labute approximate surface area is 238 Å². The summed E-state index contributed by atoms with van der Waals surface area (Å²) in [5.74, 6) is 0.851. The second-order valence-corrected chi connectivity index (χ2v) is 11.9. The van der Waals surface area contributed by atoms with Crippen molar-refractivity contribution >= 4 is 17.0 Å². The molecule has 1 aliphatic carbocycles. The van der Waals surface area contributed by atoms with E-state index >= 15 is 0 Å². The van der Waals surface area contributed by atoms with Crippen molar-refractivity contribution in [1.29, 1.82) is 0 Å². The number of aliphatic carboxylic acids is 1. The van der Waals surface area contributed by atoms with Crippen LogP contribution in [0, 0.1) is 17.7 Å². The predicted octanol–water partition coefficient (Wildman–Crippen LogP) is 6.99. The van der Waals surface area contributed by atoms with Crippen LogP contribution in [0.2, 0.25) is 0 Å². The average molecular weight is 552 g/mol. The quantitative estimate of drug-likeness (QED) is 0.188. The van der Waals surface area contributed by atoms with E-state index in [-0.39, 0.29) is 17.7 Å². The van der Waals surface area contributed by atoms with E-state index in [1.54, 1.807) is 6.07 Å². The van der Waals surface area contributed by atoms with E-state index in [0.717, 1.165) is 61.1 Å². The molecule has 0 aliphatic heterocycles. The number of imidazole rings is 1. The molecule has 0 bridgehead atoms. The third-order valence-electron chi connectivity index (χ3n) is 8.43. The Kier molecular flexibility index (Phi) is 11.1. The van der Waals surface area contributed by atoms with E-state index < -0.39 is 12.1 Å². The molecule has 0 saturated heterocycles. The summed E-state index contributed by atoms with van der Waals surface area (Å²) in [6.45, 7) is 6.44. The summed E-state index contributed by atoms with van der Waals surface area (Å²) in [5.41, 5.74) is 4.41. The number of nitrogens with zero attached hydrogens (tertiary/aromatic N) is 2. The number of benzene rings is 2. The van der Waals surface area contributed by atoms with Crippen LogP contribution in [0.15, 0.2) is 42.5 Å². The molecule has 4 rings (SSSR count). The fraction of sp³-hybridized carbons (Fsp3) is 0.576. The van der Waals surface area contributed by atoms with E-state index in [4.69, 9.17) is 4.74 Å². The Bertz CT molecular complexity index is 1190. The van der Waals surface area contributed by atoms with Crippen molar-refractivity contribution in [3.05, 3.63) is 65.2 Å². The molecule has 6 nitrogen and oxygen atoms in total. The zero-order valence-electron chi connectivity index (χ0n) is 24.4. The molecule has 2 N–H and O–H groups in total. The van der Waals surface area contributed by atoms with Crippen LogP contribution in [0.4, 0.5) is 4.39 Å². The van der Waals surface area contributed by atoms with Crippen LogP contribution in [0.1, 0.15) is 81.7 Å². The fourth-order valence-corrected chi connectivity index (χ4v) is 6.28. The van der Waals surface area contributed by atoms with E-state index in [1.807, 2.05) is 24.3 Å². The first-order valence-electron chi connectivity index (χ1n) is 15.1. The van der Waals surface area contributed by atoms with Crippen molar-refractivity contribution in [2.24, 2.45) is 11.8 Å². The number of halogens is 1. The van der Waals surface area contributed by atoms with E-state index in [0.29, 0.717) is 25.5 Å². The van der Waals surface area contributed by atoms with Gasteiger partial charge in [-0.25, -0.2) is 14.2 Å². The molecule has 0 spiro atoms. The number of para-hydroxylation sites is 2. The molecule has 1 aromatic heterocycles. The first-order chi connectivity index (χ1) is 19.3. The number of carboxylic acid groups (broad SMARTS) is 1. The van der Waals surface area contributed by atoms with Crippen LogP contribution in [0.5, 0.6) is 0 Å². The third kappa shape index (κ3) is 8.37. The van der Waals surface area contributed by atoms with Crippen LogP contribution < -0.4 is 0 Å². The van der Waals surface area contributed by atoms with Gasteiger partial charge in [0.25, 0.3) is 0 Å². The maximum Gasteiger partial charge on any atom is 0.332 e. The topological polar surface area (TPSA) is 78.5 Å². The van der Waals surface area contributed by atoms with Crippen molar-refractivity contribution < 1.29 is 19.0 Å². The normalized spacial score (nSPS) is 17.9. The number of ether oxygens (including phenoxy) is 1. The number of aromatic nitrogens is 2. The Morgan fingerprint density at radius 1 is 1.12 bits per heavy atom. The summed E-state index contributed by atoms with van der Waals surface area (Å²) in [7, 11) is 2.06. The zero-order valence-corrected chi connectivity index (χ0v) is 24.4. The summed E-state index contributed by atoms with van der Waals surface area (Å²) < 4.78 is 19.8. The summed E-state index contributed by atoms with van der Waals surface area (Å²) in [6.07, 6.45) is 8.16. The van der Waals surface area contributed by atoms with E-state index in [9.17, 15) is 14.3 Å². The lowest BCUT2D eigenvalue weighted by Gasteiger charge is -2.36. The molecular formula is C33H46FN3O3. The molecule has 3 aromatic rings. The standard InChI is InChI=1S/C33H46FN3O3/c1-23(2)32-25(15-14-24-21-26(34)16-17-27(24)32)22-40-30(33(38)39)18-20-37(3)19-10-6-4-5-7-13-31-35-28-11-8-9-12-29(28)36-31/h8-9,11-12,16-17,21,23,25,30,32H,4-7,10,13-15,18-20,22H2,1-3H3,(H,35,36)(H,38,39)/t25?,30-,32-/m0/s1. The summed E-state index contributed by atoms with van der Waals surface area (Å²) in [4.78, 5) is 22.2. The minimum atomic E-state index is -0.891. The highest BCUT2D eigenvalue weighted by atomic mass is 19.1. The Morgan fingerprint density at radius 2 is 1.90 bits per heavy atom. The second-order valence-electron chi connectivity index (χ2n) is 11.9. The average Bonchev–Trinajstić information content (AvgIpc) is 3.34. The molecule has 1 heterocycles. The number of fused-ring (bicyclic) bond motifs is 2. The van der Waals surface area contributed by atoms with Gasteiger partial charge in [-0.15, -0.1) is 0 Å². The van der Waals surface area contributed by atoms with Crippen molar-refractivity contribution in [2.75, 3.05) is 26.7 Å². The first-order valence-corrected chi connectivity index (χ1v) is 15.1. The van der Waals surface area contributed by atoms with Gasteiger partial charge in [-0.3, -0.25) is 0 Å². The number of aryl methyl sites for hydroxylation is 2. The Balaban J connectivity index is 1.12. The van der Waals surface area contributed by atoms with Gasteiger partial charge in [0, 0.05) is 13.0 Å². The molecule has 1 aliphatic rings. The van der Waals surface area contributed by atoms with Crippen molar-refractivity contribution in [3.63, 3.8) is 0 Å². The molecule has 3 atom stereocenters. The maximum atomic E-state index is 13.8. The predicted molar refractivity (Wildman–Crippen MR) is 158 cm³/mol. The number of rotatable bonds is 16. The number of hydrogen-bond acceptors (Lipinski definition) is 4. The van der Waals surface area contributed by atoms with Gasteiger partial charge in [0.2, 0.25) is 0 Å². The number of H-pyrrole nitrogens is 1. The minimum absolute atomic E-state index is 0.190. The monoisotopic (exact) mass is 551 g/mol. The molecule has 0 fully saturated rings. The molecule has 218 valence electrons. The SMILES string of the molecule is CC(C)[C@@H]1c2ccc(F)cc2CCC1CO[C@@H](CCN(C)CCCCCCCc1nc2ccccc2[nH]1)C(=O)O. The van der Waals surface area contributed by atoms with Gasteiger partial charge < -0.3 is 19.7 Å². The lowest BCUT2D eigenvalue weighted by molar-refractivity contribution is -0.152. The van der Waals surface area contributed by atoms with Crippen molar-refractivity contribution in [2.45, 2.75) is 83.7 Å². The van der Waals surface area contributed by atoms with Gasteiger partial charge in [0.05, 0.1) is 17.6 Å². The molecule has 0 amide bonds. The van der Waals surface area contributed by atoms with Crippen LogP contribution in [-0.4, -0.2) is 58.8 Å². The Morgan fingerprint density at radius 3 is 2.67 bits per heavy atom. The van der Waals surface area contributed by atoms with E-state index in [2.05, 4.69) is 41.8 Å². The lowest BCUT2D eigenvalue weighted by Crippen LogP contribution is -2.34. The second kappa shape index (κ2) is 14.7. The molecule has 7 heteroatoms. The maximum absolute atomic E-state index is 13.8. The summed E-state index contributed by atoms with van der Waals surface area (Å²) in [6, 6.07) is 13.2. The molecule has 40 heavy (non-hydrogen) atoms. The number of carboxylic acids is 1. The zero-order chi connectivity index (χ0) is 28.5. The highest BCUT2D eigenvalue weighted by molar-refractivity contribution is 5.74. The summed E-state index contributed by atoms with van der Waals surface area (Å²) >= 11 is 0. The van der Waals surface area contributed by atoms with Gasteiger partial charge >= 0.3 is 5.97 Å². The smallest absolute Gasteiger partial charge is 0.332 e. The molecule has 1 unspecified atom stereocenters. The molecule has 0 radical (unpaired) electrons. The van der Waals surface area contributed by atoms with Crippen molar-refractivity contribution in [3.8, 4) is 0 Å². The van der Waals surface area contributed by atoms with Gasteiger partial charge in [0.15, 0.2) is 6.10 Å². The van der Waals surface area contributed by atoms with Crippen LogP contribution >= 0.6 is 0 Å². The van der Waals surface area contributed by atoms with Gasteiger partial charge in [-0.2, -0.15) is 0 Å². The number of aromatic amines is 1. The molecule has 0 saturated carbocycles. The van der Waals surface area contributed by atoms with Crippen LogP contribution in [0.3, 0.4) is 0 Å². The van der Waals surface area contributed by atoms with Crippen LogP contribution in [0.25, 0.3) is 11.0 Å². The first kappa shape index (κ1) is 30.2. The largest absolute Gasteiger partial charge is 0.479 e. The van der Waals surface area contributed by atoms with Crippen molar-refractivity contribution in [1.82, 2.24) is 14.9 Å². The molecular weight excluding hydrogens is 505 g/mol. The van der Waals surface area contributed by atoms with Gasteiger partial charge in [-0.1, -0.05) is 51.3 Å².